The average molecular weight is 685 g/mol. The summed E-state index contributed by atoms with van der Waals surface area (Å²) in [7, 11) is -2.47. The Hall–Kier alpha value is -5.49. The van der Waals surface area contributed by atoms with Gasteiger partial charge in [0.05, 0.1) is 23.7 Å². The molecule has 1 unspecified atom stereocenters. The van der Waals surface area contributed by atoms with E-state index in [0.29, 0.717) is 16.9 Å². The lowest BCUT2D eigenvalue weighted by Gasteiger charge is -2.25. The average Bonchev–Trinajstić information content (AvgIpc) is 3.13. The van der Waals surface area contributed by atoms with Crippen LogP contribution in [0.2, 0.25) is 0 Å². The molecule has 1 atom stereocenters. The molecule has 3 N–H and O–H groups in total. The number of carboxylic acid groups (broad SMARTS) is 1. The number of hydrogen-bond donors (Lipinski definition) is 3. The summed E-state index contributed by atoms with van der Waals surface area (Å²) >= 11 is 0. The number of allylic oxidation sites excluding steroid dienone is 2. The number of carboxylic acids is 1. The van der Waals surface area contributed by atoms with E-state index in [-0.39, 0.29) is 22.7 Å². The van der Waals surface area contributed by atoms with Crippen molar-refractivity contribution >= 4 is 50.6 Å². The van der Waals surface area contributed by atoms with Crippen LogP contribution in [0.3, 0.4) is 0 Å². The van der Waals surface area contributed by atoms with Gasteiger partial charge >= 0.3 is 12.0 Å². The van der Waals surface area contributed by atoms with E-state index in [1.807, 2.05) is 24.3 Å². The standard InChI is InChI=1S/C37H37FN4O6S/c1-41(31-12-6-3-7-13-31)49(47,48)33-14-8-11-30(23-33)40-37(46)42(32-21-19-28(20-22-32)27-9-4-2-5-10-27)25-26-15-17-29(18-16-26)35(43)39-24-34(38)36(44)45/h3,6-9,11-23,34H,2,4-5,10,24-25H2,1H3,(H,39,43)(H,40,46)(H,44,45). The Morgan fingerprint density at radius 1 is 0.878 bits per heavy atom. The van der Waals surface area contributed by atoms with Crippen molar-refractivity contribution in [3.05, 3.63) is 126 Å². The molecule has 1 aliphatic carbocycles. The second-order valence-corrected chi connectivity index (χ2v) is 13.6. The summed E-state index contributed by atoms with van der Waals surface area (Å²) in [4.78, 5) is 38.6. The van der Waals surface area contributed by atoms with Gasteiger partial charge in [-0.3, -0.25) is 14.0 Å². The Bertz CT molecular complexity index is 1930. The van der Waals surface area contributed by atoms with Crippen molar-refractivity contribution in [3.8, 4) is 0 Å². The van der Waals surface area contributed by atoms with E-state index < -0.39 is 40.6 Å². The van der Waals surface area contributed by atoms with Gasteiger partial charge in [0.1, 0.15) is 0 Å². The molecule has 0 saturated carbocycles. The van der Waals surface area contributed by atoms with Gasteiger partial charge in [-0.1, -0.05) is 54.6 Å². The molecule has 0 aliphatic heterocycles. The number of anilines is 3. The monoisotopic (exact) mass is 684 g/mol. The van der Waals surface area contributed by atoms with Crippen molar-refractivity contribution in [1.82, 2.24) is 5.32 Å². The largest absolute Gasteiger partial charge is 0.479 e. The first-order valence-electron chi connectivity index (χ1n) is 15.8. The second-order valence-electron chi connectivity index (χ2n) is 11.6. The van der Waals surface area contributed by atoms with Gasteiger partial charge in [0, 0.05) is 24.0 Å². The van der Waals surface area contributed by atoms with Crippen LogP contribution in [0.5, 0.6) is 0 Å². The Morgan fingerprint density at radius 3 is 2.24 bits per heavy atom. The number of sulfonamides is 1. The lowest BCUT2D eigenvalue weighted by Crippen LogP contribution is -2.35. The molecular weight excluding hydrogens is 647 g/mol. The maximum Gasteiger partial charge on any atom is 0.340 e. The third-order valence-corrected chi connectivity index (χ3v) is 10.00. The molecule has 0 saturated heterocycles. The molecule has 4 aromatic rings. The minimum atomic E-state index is -3.93. The highest BCUT2D eigenvalue weighted by Crippen LogP contribution is 2.29. The van der Waals surface area contributed by atoms with E-state index in [9.17, 15) is 27.2 Å². The first kappa shape index (κ1) is 34.8. The number of rotatable bonds is 12. The van der Waals surface area contributed by atoms with E-state index in [2.05, 4.69) is 16.7 Å². The Morgan fingerprint density at radius 2 is 1.59 bits per heavy atom. The minimum absolute atomic E-state index is 0.00427. The summed E-state index contributed by atoms with van der Waals surface area (Å²) in [5.74, 6) is -2.30. The number of para-hydroxylation sites is 1. The number of nitrogens with zero attached hydrogens (tertiary/aromatic N) is 2. The van der Waals surface area contributed by atoms with E-state index >= 15 is 0 Å². The van der Waals surface area contributed by atoms with Crippen LogP contribution in [0.4, 0.5) is 26.2 Å². The SMILES string of the molecule is CN(c1ccccc1)S(=O)(=O)c1cccc(NC(=O)N(Cc2ccc(C(=O)NCC(F)C(=O)O)cc2)c2ccc(C3=CCCCC3)cc2)c1. The third kappa shape index (κ3) is 8.71. The van der Waals surface area contributed by atoms with Crippen LogP contribution < -0.4 is 19.8 Å². The second kappa shape index (κ2) is 15.6. The van der Waals surface area contributed by atoms with Crippen molar-refractivity contribution in [2.45, 2.75) is 43.3 Å². The number of hydrogen-bond acceptors (Lipinski definition) is 5. The highest BCUT2D eigenvalue weighted by atomic mass is 32.2. The molecule has 5 rings (SSSR count). The van der Waals surface area contributed by atoms with Crippen LogP contribution in [0.1, 0.15) is 47.2 Å². The maximum atomic E-state index is 13.9. The number of urea groups is 1. The predicted molar refractivity (Wildman–Crippen MR) is 188 cm³/mol. The van der Waals surface area contributed by atoms with Crippen LogP contribution in [0.15, 0.2) is 114 Å². The number of nitrogens with one attached hydrogen (secondary N) is 2. The fourth-order valence-corrected chi connectivity index (χ4v) is 6.65. The van der Waals surface area contributed by atoms with Gasteiger partial charge in [-0.25, -0.2) is 22.4 Å². The number of amides is 3. The van der Waals surface area contributed by atoms with Gasteiger partial charge in [0.15, 0.2) is 0 Å². The van der Waals surface area contributed by atoms with Gasteiger partial charge in [-0.05, 0) is 97.0 Å². The molecule has 10 nitrogen and oxygen atoms in total. The highest BCUT2D eigenvalue weighted by Gasteiger charge is 2.23. The predicted octanol–water partition coefficient (Wildman–Crippen LogP) is 6.86. The number of halogens is 1. The van der Waals surface area contributed by atoms with Crippen molar-refractivity contribution in [2.24, 2.45) is 0 Å². The first-order chi connectivity index (χ1) is 23.5. The van der Waals surface area contributed by atoms with Gasteiger partial charge in [0.2, 0.25) is 6.17 Å². The van der Waals surface area contributed by atoms with Crippen molar-refractivity contribution < 1.29 is 32.3 Å². The molecule has 0 fully saturated rings. The third-order valence-electron chi connectivity index (χ3n) is 8.22. The van der Waals surface area contributed by atoms with Crippen molar-refractivity contribution in [1.29, 1.82) is 0 Å². The Labute approximate surface area is 284 Å². The highest BCUT2D eigenvalue weighted by molar-refractivity contribution is 7.92. The van der Waals surface area contributed by atoms with Gasteiger partial charge in [-0.2, -0.15) is 0 Å². The summed E-state index contributed by atoms with van der Waals surface area (Å²) < 4.78 is 41.5. The fraction of sp³-hybridized carbons (Fsp3) is 0.216. The molecule has 0 spiro atoms. The van der Waals surface area contributed by atoms with Gasteiger partial charge < -0.3 is 15.7 Å². The molecule has 0 radical (unpaired) electrons. The summed E-state index contributed by atoms with van der Waals surface area (Å²) in [6, 6.07) is 28.2. The van der Waals surface area contributed by atoms with E-state index in [1.54, 1.807) is 54.6 Å². The van der Waals surface area contributed by atoms with Gasteiger partial charge in [-0.15, -0.1) is 0 Å². The zero-order chi connectivity index (χ0) is 35.0. The molecule has 0 aromatic heterocycles. The number of alkyl halides is 1. The summed E-state index contributed by atoms with van der Waals surface area (Å²) in [5, 5.41) is 13.8. The Kier molecular flexibility index (Phi) is 11.1. The number of benzene rings is 4. The molecule has 12 heteroatoms. The molecule has 4 aromatic carbocycles. The lowest BCUT2D eigenvalue weighted by molar-refractivity contribution is -0.142. The number of carbonyl (C=O) groups excluding carboxylic acids is 2. The van der Waals surface area contributed by atoms with Crippen LogP contribution in [0.25, 0.3) is 5.57 Å². The topological polar surface area (TPSA) is 136 Å². The Balaban J connectivity index is 1.38. The fourth-order valence-electron chi connectivity index (χ4n) is 5.41. The number of carbonyl (C=O) groups is 3. The van der Waals surface area contributed by atoms with E-state index in [4.69, 9.17) is 5.11 Å². The van der Waals surface area contributed by atoms with Crippen molar-refractivity contribution in [2.75, 3.05) is 28.1 Å². The summed E-state index contributed by atoms with van der Waals surface area (Å²) in [5.41, 5.74) is 4.57. The van der Waals surface area contributed by atoms with E-state index in [1.165, 1.54) is 52.5 Å². The molecule has 1 aliphatic rings. The molecular formula is C37H37FN4O6S. The van der Waals surface area contributed by atoms with Crippen LogP contribution in [-0.2, 0) is 21.4 Å². The summed E-state index contributed by atoms with van der Waals surface area (Å²) in [6.45, 7) is -0.572. The first-order valence-corrected chi connectivity index (χ1v) is 17.2. The zero-order valence-electron chi connectivity index (χ0n) is 26.9. The van der Waals surface area contributed by atoms with Crippen molar-refractivity contribution in [3.63, 3.8) is 0 Å². The normalized spacial score (nSPS) is 13.5. The molecule has 3 amide bonds. The molecule has 254 valence electrons. The zero-order valence-corrected chi connectivity index (χ0v) is 27.7. The smallest absolute Gasteiger partial charge is 0.340 e. The number of aliphatic carboxylic acids is 1. The molecule has 49 heavy (non-hydrogen) atoms. The van der Waals surface area contributed by atoms with E-state index in [0.717, 1.165) is 24.8 Å². The molecule has 0 bridgehead atoms. The summed E-state index contributed by atoms with van der Waals surface area (Å²) in [6.07, 6.45) is 4.33. The minimum Gasteiger partial charge on any atom is -0.479 e. The van der Waals surface area contributed by atoms with Gasteiger partial charge in [0.25, 0.3) is 15.9 Å². The van der Waals surface area contributed by atoms with Crippen LogP contribution in [0, 0.1) is 0 Å². The van der Waals surface area contributed by atoms with Crippen LogP contribution in [-0.4, -0.2) is 51.2 Å². The maximum absolute atomic E-state index is 13.9. The lowest BCUT2D eigenvalue weighted by atomic mass is 9.93. The van der Waals surface area contributed by atoms with Crippen LogP contribution >= 0.6 is 0 Å². The molecule has 0 heterocycles. The quantitative estimate of drug-likeness (QED) is 0.149.